The predicted molar refractivity (Wildman–Crippen MR) is 67.3 cm³/mol. The summed E-state index contributed by atoms with van der Waals surface area (Å²) in [6, 6.07) is 8.00. The van der Waals surface area contributed by atoms with Gasteiger partial charge in [-0.1, -0.05) is 40.2 Å². The van der Waals surface area contributed by atoms with Crippen molar-refractivity contribution in [1.29, 1.82) is 0 Å². The number of carboxylic acids is 1. The summed E-state index contributed by atoms with van der Waals surface area (Å²) in [6.45, 7) is 1.40. The fourth-order valence-electron chi connectivity index (χ4n) is 1.32. The molecule has 4 heteroatoms. The highest BCUT2D eigenvalue weighted by molar-refractivity contribution is 9.10. The van der Waals surface area contributed by atoms with Crippen LogP contribution >= 0.6 is 15.9 Å². The molecule has 0 bridgehead atoms. The van der Waals surface area contributed by atoms with E-state index in [0.717, 1.165) is 17.1 Å². The zero-order valence-corrected chi connectivity index (χ0v) is 10.6. The summed E-state index contributed by atoms with van der Waals surface area (Å²) < 4.78 is 1.07. The molecular weight excluding hydrogens is 270 g/mol. The van der Waals surface area contributed by atoms with Crippen molar-refractivity contribution in [2.75, 3.05) is 13.6 Å². The number of halogens is 1. The first-order valence-corrected chi connectivity index (χ1v) is 5.70. The van der Waals surface area contributed by atoms with Crippen LogP contribution in [0.25, 0.3) is 0 Å². The summed E-state index contributed by atoms with van der Waals surface area (Å²) in [4.78, 5) is 12.3. The second-order valence-corrected chi connectivity index (χ2v) is 4.38. The molecule has 3 nitrogen and oxygen atoms in total. The van der Waals surface area contributed by atoms with Crippen LogP contribution in [0.1, 0.15) is 5.56 Å². The molecule has 0 heterocycles. The van der Waals surface area contributed by atoms with Gasteiger partial charge in [0.25, 0.3) is 0 Å². The highest BCUT2D eigenvalue weighted by Crippen LogP contribution is 2.16. The lowest BCUT2D eigenvalue weighted by atomic mass is 10.2. The molecule has 16 heavy (non-hydrogen) atoms. The molecule has 0 atom stereocenters. The van der Waals surface area contributed by atoms with Crippen LogP contribution in [0.3, 0.4) is 0 Å². The van der Waals surface area contributed by atoms with Crippen molar-refractivity contribution in [1.82, 2.24) is 4.90 Å². The molecule has 0 unspecified atom stereocenters. The fourth-order valence-corrected chi connectivity index (χ4v) is 1.73. The third kappa shape index (κ3) is 4.59. The minimum Gasteiger partial charge on any atom is -0.478 e. The van der Waals surface area contributed by atoms with E-state index in [4.69, 9.17) is 5.11 Å². The summed E-state index contributed by atoms with van der Waals surface area (Å²) in [5.74, 6) is -0.908. The van der Waals surface area contributed by atoms with E-state index in [9.17, 15) is 4.79 Å². The average molecular weight is 284 g/mol. The highest BCUT2D eigenvalue weighted by Gasteiger charge is 2.01. The monoisotopic (exact) mass is 283 g/mol. The molecule has 1 rings (SSSR count). The van der Waals surface area contributed by atoms with Crippen LogP contribution < -0.4 is 0 Å². The van der Waals surface area contributed by atoms with Gasteiger partial charge < -0.3 is 5.11 Å². The first-order chi connectivity index (χ1) is 7.59. The normalized spacial score (nSPS) is 11.2. The molecule has 0 aromatic heterocycles. The van der Waals surface area contributed by atoms with Gasteiger partial charge in [0.15, 0.2) is 0 Å². The van der Waals surface area contributed by atoms with Gasteiger partial charge in [0, 0.05) is 23.6 Å². The Balaban J connectivity index is 2.49. The van der Waals surface area contributed by atoms with E-state index in [2.05, 4.69) is 15.9 Å². The summed E-state index contributed by atoms with van der Waals surface area (Å²) in [6.07, 6.45) is 2.80. The maximum absolute atomic E-state index is 10.3. The van der Waals surface area contributed by atoms with Gasteiger partial charge in [-0.15, -0.1) is 0 Å². The predicted octanol–water partition coefficient (Wildman–Crippen LogP) is 2.52. The van der Waals surface area contributed by atoms with Crippen molar-refractivity contribution < 1.29 is 9.90 Å². The van der Waals surface area contributed by atoms with Crippen LogP contribution in [0.2, 0.25) is 0 Å². The highest BCUT2D eigenvalue weighted by atomic mass is 79.9. The number of nitrogens with zero attached hydrogens (tertiary/aromatic N) is 1. The van der Waals surface area contributed by atoms with Gasteiger partial charge >= 0.3 is 5.97 Å². The molecule has 0 aliphatic carbocycles. The van der Waals surface area contributed by atoms with E-state index >= 15 is 0 Å². The molecule has 0 saturated carbocycles. The molecule has 0 fully saturated rings. The lowest BCUT2D eigenvalue weighted by molar-refractivity contribution is -0.131. The minimum atomic E-state index is -0.908. The molecular formula is C12H14BrNO2. The van der Waals surface area contributed by atoms with Crippen molar-refractivity contribution in [2.24, 2.45) is 0 Å². The summed E-state index contributed by atoms with van der Waals surface area (Å²) in [5.41, 5.74) is 1.19. The van der Waals surface area contributed by atoms with Gasteiger partial charge in [-0.25, -0.2) is 4.79 Å². The van der Waals surface area contributed by atoms with E-state index in [1.807, 2.05) is 36.2 Å². The molecule has 86 valence electrons. The van der Waals surface area contributed by atoms with Gasteiger partial charge in [0.05, 0.1) is 0 Å². The van der Waals surface area contributed by atoms with Gasteiger partial charge in [0.1, 0.15) is 0 Å². The number of carbonyl (C=O) groups is 1. The molecule has 0 aliphatic heterocycles. The maximum Gasteiger partial charge on any atom is 0.328 e. The molecule has 1 N–H and O–H groups in total. The van der Waals surface area contributed by atoms with Crippen molar-refractivity contribution in [3.63, 3.8) is 0 Å². The van der Waals surface area contributed by atoms with E-state index in [1.54, 1.807) is 6.08 Å². The van der Waals surface area contributed by atoms with Crippen LogP contribution in [0, 0.1) is 0 Å². The number of hydrogen-bond acceptors (Lipinski definition) is 2. The molecule has 0 spiro atoms. The quantitative estimate of drug-likeness (QED) is 0.845. The largest absolute Gasteiger partial charge is 0.478 e. The Bertz CT molecular complexity index is 390. The van der Waals surface area contributed by atoms with E-state index in [1.165, 1.54) is 5.56 Å². The fraction of sp³-hybridized carbons (Fsp3) is 0.250. The third-order valence-corrected chi connectivity index (χ3v) is 2.85. The Hall–Kier alpha value is -1.13. The Morgan fingerprint density at radius 1 is 1.50 bits per heavy atom. The van der Waals surface area contributed by atoms with Gasteiger partial charge in [-0.2, -0.15) is 0 Å². The zero-order valence-electron chi connectivity index (χ0n) is 9.06. The zero-order chi connectivity index (χ0) is 12.0. The van der Waals surface area contributed by atoms with Crippen LogP contribution in [-0.2, 0) is 11.3 Å². The van der Waals surface area contributed by atoms with Crippen molar-refractivity contribution in [3.05, 3.63) is 46.5 Å². The number of rotatable bonds is 5. The van der Waals surface area contributed by atoms with Crippen molar-refractivity contribution in [2.45, 2.75) is 6.54 Å². The van der Waals surface area contributed by atoms with E-state index < -0.39 is 5.97 Å². The lowest BCUT2D eigenvalue weighted by Crippen LogP contribution is -2.18. The summed E-state index contributed by atoms with van der Waals surface area (Å²) >= 11 is 3.48. The van der Waals surface area contributed by atoms with Crippen LogP contribution in [0.5, 0.6) is 0 Å². The number of carboxylic acid groups (broad SMARTS) is 1. The Kier molecular flexibility index (Phi) is 5.22. The topological polar surface area (TPSA) is 40.5 Å². The maximum atomic E-state index is 10.3. The Morgan fingerprint density at radius 2 is 2.19 bits per heavy atom. The second-order valence-electron chi connectivity index (χ2n) is 3.53. The number of hydrogen-bond donors (Lipinski definition) is 1. The molecule has 1 aromatic rings. The smallest absolute Gasteiger partial charge is 0.328 e. The Morgan fingerprint density at radius 3 is 2.81 bits per heavy atom. The van der Waals surface area contributed by atoms with Gasteiger partial charge in [0.2, 0.25) is 0 Å². The summed E-state index contributed by atoms with van der Waals surface area (Å²) in [7, 11) is 1.95. The van der Waals surface area contributed by atoms with Crippen LogP contribution in [0.4, 0.5) is 0 Å². The molecule has 0 amide bonds. The molecule has 0 radical (unpaired) electrons. The molecule has 1 aromatic carbocycles. The number of aliphatic carboxylic acids is 1. The van der Waals surface area contributed by atoms with Gasteiger partial charge in [-0.3, -0.25) is 4.90 Å². The lowest BCUT2D eigenvalue weighted by Gasteiger charge is -2.15. The van der Waals surface area contributed by atoms with Crippen molar-refractivity contribution in [3.8, 4) is 0 Å². The van der Waals surface area contributed by atoms with E-state index in [0.29, 0.717) is 6.54 Å². The molecule has 0 saturated heterocycles. The SMILES string of the molecule is CN(CC=CC(=O)O)Cc1ccccc1Br. The number of likely N-dealkylation sites (N-methyl/N-ethyl adjacent to an activating group) is 1. The van der Waals surface area contributed by atoms with Crippen LogP contribution in [-0.4, -0.2) is 29.6 Å². The first-order valence-electron chi connectivity index (χ1n) is 4.91. The molecule has 0 aliphatic rings. The average Bonchev–Trinajstić information content (AvgIpc) is 2.21. The van der Waals surface area contributed by atoms with E-state index in [-0.39, 0.29) is 0 Å². The van der Waals surface area contributed by atoms with Gasteiger partial charge in [-0.05, 0) is 18.7 Å². The van der Waals surface area contributed by atoms with Crippen LogP contribution in [0.15, 0.2) is 40.9 Å². The van der Waals surface area contributed by atoms with Crippen molar-refractivity contribution >= 4 is 21.9 Å². The standard InChI is InChI=1S/C12H14BrNO2/c1-14(8-4-7-12(15)16)9-10-5-2-3-6-11(10)13/h2-7H,8-9H2,1H3,(H,15,16). The minimum absolute atomic E-state index is 0.619. The summed E-state index contributed by atoms with van der Waals surface area (Å²) in [5, 5.41) is 8.45. The Labute approximate surface area is 104 Å². The first kappa shape index (κ1) is 12.9. The number of benzene rings is 1. The second kappa shape index (κ2) is 6.45. The third-order valence-electron chi connectivity index (χ3n) is 2.08.